The minimum absolute atomic E-state index is 0.0779. The number of likely N-dealkylation sites (tertiary alicyclic amines) is 1. The molecule has 0 spiro atoms. The van der Waals surface area contributed by atoms with E-state index in [1.54, 1.807) is 22.8 Å². The maximum atomic E-state index is 13.0. The maximum Gasteiger partial charge on any atom is 0.262 e. The minimum atomic E-state index is -0.302. The number of aromatic nitrogens is 2. The molecule has 7 heteroatoms. The van der Waals surface area contributed by atoms with Gasteiger partial charge in [-0.1, -0.05) is 44.1 Å². The Bertz CT molecular complexity index is 920. The molecular formula is C21H28ClN3O2S. The predicted molar refractivity (Wildman–Crippen MR) is 116 cm³/mol. The Balaban J connectivity index is 1.90. The van der Waals surface area contributed by atoms with E-state index in [0.717, 1.165) is 25.9 Å². The summed E-state index contributed by atoms with van der Waals surface area (Å²) in [6, 6.07) is 5.14. The van der Waals surface area contributed by atoms with Crippen molar-refractivity contribution in [2.45, 2.75) is 57.5 Å². The Morgan fingerprint density at radius 2 is 2.00 bits per heavy atom. The lowest BCUT2D eigenvalue weighted by atomic mass is 9.92. The number of piperidine rings is 1. The van der Waals surface area contributed by atoms with E-state index in [1.807, 2.05) is 18.7 Å². The van der Waals surface area contributed by atoms with Crippen LogP contribution in [0.4, 0.5) is 0 Å². The van der Waals surface area contributed by atoms with Crippen LogP contribution in [0.3, 0.4) is 0 Å². The number of fused-ring (bicyclic) bond motifs is 1. The first kappa shape index (κ1) is 21.2. The molecule has 1 amide bonds. The second-order valence-corrected chi connectivity index (χ2v) is 9.71. The number of carbonyl (C=O) groups is 1. The molecule has 0 saturated carbocycles. The highest BCUT2D eigenvalue weighted by molar-refractivity contribution is 8.00. The molecular weight excluding hydrogens is 394 g/mol. The van der Waals surface area contributed by atoms with Gasteiger partial charge >= 0.3 is 0 Å². The number of carbonyl (C=O) groups excluding carboxylic acids is 1. The molecule has 1 aliphatic heterocycles. The van der Waals surface area contributed by atoms with Crippen LogP contribution in [0, 0.1) is 11.8 Å². The zero-order valence-corrected chi connectivity index (χ0v) is 18.5. The highest BCUT2D eigenvalue weighted by Crippen LogP contribution is 2.28. The third kappa shape index (κ3) is 4.54. The van der Waals surface area contributed by atoms with Gasteiger partial charge in [-0.15, -0.1) is 0 Å². The van der Waals surface area contributed by atoms with Crippen LogP contribution < -0.4 is 5.56 Å². The Morgan fingerprint density at radius 1 is 1.32 bits per heavy atom. The molecule has 1 aromatic heterocycles. The van der Waals surface area contributed by atoms with Crippen molar-refractivity contribution >= 4 is 40.2 Å². The van der Waals surface area contributed by atoms with Gasteiger partial charge in [-0.3, -0.25) is 14.2 Å². The van der Waals surface area contributed by atoms with Gasteiger partial charge in [0.05, 0.1) is 16.2 Å². The van der Waals surface area contributed by atoms with Crippen molar-refractivity contribution in [2.24, 2.45) is 11.8 Å². The smallest absolute Gasteiger partial charge is 0.262 e. The number of halogens is 1. The Labute approximate surface area is 175 Å². The van der Waals surface area contributed by atoms with Crippen molar-refractivity contribution in [3.63, 3.8) is 0 Å². The highest BCUT2D eigenvalue weighted by atomic mass is 35.5. The molecule has 1 saturated heterocycles. The van der Waals surface area contributed by atoms with Crippen LogP contribution in [-0.2, 0) is 11.3 Å². The van der Waals surface area contributed by atoms with Gasteiger partial charge in [-0.05, 0) is 49.8 Å². The SMILES string of the molecule is CCCn1c(S[C@@H](C)C(=O)N2C[C@H](C)C[C@H](C)C2)nc2cc(Cl)ccc2c1=O. The lowest BCUT2D eigenvalue weighted by Crippen LogP contribution is -2.45. The molecule has 2 heterocycles. The van der Waals surface area contributed by atoms with Gasteiger partial charge in [-0.25, -0.2) is 4.98 Å². The molecule has 1 fully saturated rings. The standard InChI is InChI=1S/C21H28ClN3O2S/c1-5-8-25-20(27)17-7-6-16(22)10-18(17)23-21(25)28-15(4)19(26)24-11-13(2)9-14(3)12-24/h6-7,10,13-15H,5,8-9,11-12H2,1-4H3/t13-,14+,15-/m0/s1. The molecule has 28 heavy (non-hydrogen) atoms. The number of rotatable bonds is 5. The average molecular weight is 422 g/mol. The molecule has 0 N–H and O–H groups in total. The molecule has 5 nitrogen and oxygen atoms in total. The molecule has 1 aliphatic rings. The summed E-state index contributed by atoms with van der Waals surface area (Å²) in [6.45, 7) is 10.5. The largest absolute Gasteiger partial charge is 0.341 e. The lowest BCUT2D eigenvalue weighted by molar-refractivity contribution is -0.132. The van der Waals surface area contributed by atoms with E-state index in [9.17, 15) is 9.59 Å². The molecule has 1 aromatic carbocycles. The summed E-state index contributed by atoms with van der Waals surface area (Å²) < 4.78 is 1.69. The van der Waals surface area contributed by atoms with Crippen LogP contribution in [0.5, 0.6) is 0 Å². The summed E-state index contributed by atoms with van der Waals surface area (Å²) in [5, 5.41) is 1.38. The average Bonchev–Trinajstić information content (AvgIpc) is 2.63. The van der Waals surface area contributed by atoms with Crippen LogP contribution in [0.1, 0.15) is 40.5 Å². The summed E-state index contributed by atoms with van der Waals surface area (Å²) in [6.07, 6.45) is 1.98. The van der Waals surface area contributed by atoms with Crippen LogP contribution >= 0.6 is 23.4 Å². The van der Waals surface area contributed by atoms with Crippen molar-refractivity contribution in [3.05, 3.63) is 33.6 Å². The van der Waals surface area contributed by atoms with E-state index in [0.29, 0.717) is 39.5 Å². The third-order valence-electron chi connectivity index (χ3n) is 5.14. The zero-order valence-electron chi connectivity index (χ0n) is 16.9. The summed E-state index contributed by atoms with van der Waals surface area (Å²) in [4.78, 5) is 32.6. The second kappa shape index (κ2) is 8.87. The van der Waals surface area contributed by atoms with Crippen LogP contribution in [-0.4, -0.2) is 38.7 Å². The third-order valence-corrected chi connectivity index (χ3v) is 6.45. The van der Waals surface area contributed by atoms with Crippen molar-refractivity contribution < 1.29 is 4.79 Å². The maximum absolute atomic E-state index is 13.0. The second-order valence-electron chi connectivity index (χ2n) is 7.96. The molecule has 0 unspecified atom stereocenters. The van der Waals surface area contributed by atoms with Crippen molar-refractivity contribution in [1.82, 2.24) is 14.5 Å². The highest BCUT2D eigenvalue weighted by Gasteiger charge is 2.29. The van der Waals surface area contributed by atoms with Crippen LogP contribution in [0.15, 0.2) is 28.2 Å². The first-order valence-electron chi connectivity index (χ1n) is 9.95. The Hall–Kier alpha value is -1.53. The molecule has 2 aromatic rings. The van der Waals surface area contributed by atoms with E-state index in [1.165, 1.54) is 11.8 Å². The fourth-order valence-corrected chi connectivity index (χ4v) is 5.18. The number of hydrogen-bond donors (Lipinski definition) is 0. The van der Waals surface area contributed by atoms with E-state index < -0.39 is 0 Å². The minimum Gasteiger partial charge on any atom is -0.341 e. The molecule has 3 atom stereocenters. The number of benzene rings is 1. The number of thioether (sulfide) groups is 1. The van der Waals surface area contributed by atoms with Gasteiger partial charge in [0.2, 0.25) is 5.91 Å². The van der Waals surface area contributed by atoms with E-state index in [-0.39, 0.29) is 16.7 Å². The topological polar surface area (TPSA) is 55.2 Å². The van der Waals surface area contributed by atoms with E-state index in [4.69, 9.17) is 11.6 Å². The number of nitrogens with zero attached hydrogens (tertiary/aromatic N) is 3. The summed E-state index contributed by atoms with van der Waals surface area (Å²) in [7, 11) is 0. The number of amides is 1. The van der Waals surface area contributed by atoms with Crippen molar-refractivity contribution in [1.29, 1.82) is 0 Å². The normalized spacial score (nSPS) is 21.1. The van der Waals surface area contributed by atoms with Crippen LogP contribution in [0.2, 0.25) is 5.02 Å². The van der Waals surface area contributed by atoms with Gasteiger partial charge in [0.15, 0.2) is 5.16 Å². The summed E-state index contributed by atoms with van der Waals surface area (Å²) in [5.41, 5.74) is 0.498. The van der Waals surface area contributed by atoms with E-state index >= 15 is 0 Å². The quantitative estimate of drug-likeness (QED) is 0.528. The summed E-state index contributed by atoms with van der Waals surface area (Å²) >= 11 is 7.46. The van der Waals surface area contributed by atoms with Crippen molar-refractivity contribution in [3.8, 4) is 0 Å². The molecule has 0 bridgehead atoms. The predicted octanol–water partition coefficient (Wildman–Crippen LogP) is 4.45. The lowest BCUT2D eigenvalue weighted by Gasteiger charge is -2.36. The van der Waals surface area contributed by atoms with Gasteiger partial charge < -0.3 is 4.90 Å². The van der Waals surface area contributed by atoms with E-state index in [2.05, 4.69) is 18.8 Å². The number of hydrogen-bond acceptors (Lipinski definition) is 4. The van der Waals surface area contributed by atoms with Gasteiger partial charge in [0.25, 0.3) is 5.56 Å². The molecule has 0 radical (unpaired) electrons. The summed E-state index contributed by atoms with van der Waals surface area (Å²) in [5.74, 6) is 1.15. The zero-order chi connectivity index (χ0) is 20.4. The molecule has 0 aliphatic carbocycles. The molecule has 3 rings (SSSR count). The van der Waals surface area contributed by atoms with Crippen LogP contribution in [0.25, 0.3) is 10.9 Å². The van der Waals surface area contributed by atoms with Gasteiger partial charge in [0.1, 0.15) is 0 Å². The molecule has 152 valence electrons. The fraction of sp³-hybridized carbons (Fsp3) is 0.571. The first-order valence-corrected chi connectivity index (χ1v) is 11.2. The van der Waals surface area contributed by atoms with Gasteiger partial charge in [0, 0.05) is 24.7 Å². The van der Waals surface area contributed by atoms with Gasteiger partial charge in [-0.2, -0.15) is 0 Å². The first-order chi connectivity index (χ1) is 13.3. The Kier molecular flexibility index (Phi) is 6.71. The monoisotopic (exact) mass is 421 g/mol. The fourth-order valence-electron chi connectivity index (χ4n) is 3.99. The Morgan fingerprint density at radius 3 is 2.64 bits per heavy atom. The van der Waals surface area contributed by atoms with Crippen molar-refractivity contribution in [2.75, 3.05) is 13.1 Å².